The summed E-state index contributed by atoms with van der Waals surface area (Å²) < 4.78 is 20.1. The predicted octanol–water partition coefficient (Wildman–Crippen LogP) is 10.4. The van der Waals surface area contributed by atoms with E-state index in [9.17, 15) is 0 Å². The number of benzene rings is 7. The Kier molecular flexibility index (Phi) is 7.95. The third kappa shape index (κ3) is 5.32. The van der Waals surface area contributed by atoms with Gasteiger partial charge in [0.2, 0.25) is 0 Å². The van der Waals surface area contributed by atoms with Crippen LogP contribution in [0.25, 0.3) is 77.8 Å². The zero-order valence-corrected chi connectivity index (χ0v) is 32.0. The SMILES string of the molecule is O=P(c1ccccc1)(c1ccccc1)c1ccc(-n2c3ccc(-c4ncccn4)cc3c3ccc4c5cc(-c6ncccn6)ccc5n(-c5ccccc5)c4c32)cc1. The summed E-state index contributed by atoms with van der Waals surface area (Å²) >= 11 is 0. The molecule has 0 bridgehead atoms. The Balaban J connectivity index is 1.22. The molecule has 7 aromatic carbocycles. The van der Waals surface area contributed by atoms with Gasteiger partial charge in [0.25, 0.3) is 0 Å². The minimum absolute atomic E-state index is 0.669. The number of hydrogen-bond donors (Lipinski definition) is 0. The molecular formula is C50H33N6OP. The fraction of sp³-hybridized carbons (Fsp3) is 0. The number of fused-ring (bicyclic) bond motifs is 7. The number of hydrogen-bond acceptors (Lipinski definition) is 5. The summed E-state index contributed by atoms with van der Waals surface area (Å²) in [5, 5.41) is 6.75. The lowest BCUT2D eigenvalue weighted by Gasteiger charge is -2.20. The van der Waals surface area contributed by atoms with Crippen LogP contribution in [0, 0.1) is 0 Å². The summed E-state index contributed by atoms with van der Waals surface area (Å²) in [6.45, 7) is 0. The fourth-order valence-corrected chi connectivity index (χ4v) is 11.1. The molecule has 11 rings (SSSR count). The molecule has 8 heteroatoms. The van der Waals surface area contributed by atoms with Crippen molar-refractivity contribution >= 4 is 66.7 Å². The normalized spacial score (nSPS) is 11.9. The number of para-hydroxylation sites is 1. The van der Waals surface area contributed by atoms with Crippen LogP contribution in [0.5, 0.6) is 0 Å². The highest BCUT2D eigenvalue weighted by Gasteiger charge is 2.30. The first kappa shape index (κ1) is 33.8. The van der Waals surface area contributed by atoms with Gasteiger partial charge in [-0.3, -0.25) is 0 Å². The number of aromatic nitrogens is 6. The van der Waals surface area contributed by atoms with Crippen LogP contribution in [0.4, 0.5) is 0 Å². The van der Waals surface area contributed by atoms with Crippen LogP contribution >= 0.6 is 7.14 Å². The van der Waals surface area contributed by atoms with Gasteiger partial charge >= 0.3 is 0 Å². The van der Waals surface area contributed by atoms with Crippen LogP contribution in [0.2, 0.25) is 0 Å². The van der Waals surface area contributed by atoms with Gasteiger partial charge in [-0.2, -0.15) is 0 Å². The molecule has 0 unspecified atom stereocenters. The molecule has 0 aliphatic carbocycles. The topological polar surface area (TPSA) is 78.5 Å². The van der Waals surface area contributed by atoms with Gasteiger partial charge < -0.3 is 13.7 Å². The predicted molar refractivity (Wildman–Crippen MR) is 237 cm³/mol. The molecule has 4 aromatic heterocycles. The van der Waals surface area contributed by atoms with Gasteiger partial charge in [-0.15, -0.1) is 0 Å². The minimum Gasteiger partial charge on any atom is -0.309 e. The van der Waals surface area contributed by atoms with E-state index < -0.39 is 7.14 Å². The Bertz CT molecular complexity index is 3290. The monoisotopic (exact) mass is 764 g/mol. The van der Waals surface area contributed by atoms with Crippen molar-refractivity contribution in [1.82, 2.24) is 29.1 Å². The molecule has 0 fully saturated rings. The highest BCUT2D eigenvalue weighted by Crippen LogP contribution is 2.45. The van der Waals surface area contributed by atoms with Crippen LogP contribution in [0.3, 0.4) is 0 Å². The van der Waals surface area contributed by atoms with E-state index in [1.54, 1.807) is 24.8 Å². The average Bonchev–Trinajstić information content (AvgIpc) is 3.82. The Morgan fingerprint density at radius 3 is 1.21 bits per heavy atom. The van der Waals surface area contributed by atoms with Gasteiger partial charge in [-0.25, -0.2) is 19.9 Å². The maximum atomic E-state index is 15.4. The van der Waals surface area contributed by atoms with Crippen LogP contribution in [-0.2, 0) is 4.57 Å². The van der Waals surface area contributed by atoms with E-state index in [2.05, 4.69) is 114 Å². The zero-order valence-electron chi connectivity index (χ0n) is 31.1. The van der Waals surface area contributed by atoms with Gasteiger partial charge in [0, 0.05) is 84.7 Å². The Labute approximate surface area is 334 Å². The van der Waals surface area contributed by atoms with Gasteiger partial charge in [0.1, 0.15) is 0 Å². The molecular weight excluding hydrogens is 732 g/mol. The van der Waals surface area contributed by atoms with E-state index in [1.807, 2.05) is 91.0 Å². The van der Waals surface area contributed by atoms with Gasteiger partial charge in [0.15, 0.2) is 18.8 Å². The molecule has 274 valence electrons. The molecule has 4 heterocycles. The molecule has 0 spiro atoms. The fourth-order valence-electron chi connectivity index (χ4n) is 8.42. The summed E-state index contributed by atoms with van der Waals surface area (Å²) in [6.07, 6.45) is 7.11. The van der Waals surface area contributed by atoms with Gasteiger partial charge in [0.05, 0.1) is 22.1 Å². The number of rotatable bonds is 7. The molecule has 0 atom stereocenters. The smallest absolute Gasteiger partial charge is 0.171 e. The quantitative estimate of drug-likeness (QED) is 0.151. The van der Waals surface area contributed by atoms with Crippen molar-refractivity contribution in [2.24, 2.45) is 0 Å². The van der Waals surface area contributed by atoms with E-state index in [0.717, 1.165) is 82.0 Å². The summed E-state index contributed by atoms with van der Waals surface area (Å²) in [5.74, 6) is 1.35. The van der Waals surface area contributed by atoms with Crippen molar-refractivity contribution in [2.45, 2.75) is 0 Å². The standard InChI is InChI=1S/C50H33N6OP/c57-58(38-14-6-2-7-15-38,39-16-8-3-9-17-39)40-22-20-37(21-23-40)56-46-27-19-35(50-53-30-11-31-54-50)33-44(46)42-25-24-41-43-32-34(49-51-28-10-29-52-49)18-26-45(43)55(47(41)48(42)56)36-12-4-1-5-13-36/h1-33H. The number of nitrogens with zero attached hydrogens (tertiary/aromatic N) is 6. The second-order valence-corrected chi connectivity index (χ2v) is 17.0. The molecule has 0 aliphatic rings. The van der Waals surface area contributed by atoms with Gasteiger partial charge in [-0.1, -0.05) is 91.0 Å². The first-order valence-corrected chi connectivity index (χ1v) is 20.9. The van der Waals surface area contributed by atoms with Gasteiger partial charge in [-0.05, 0) is 84.9 Å². The summed E-state index contributed by atoms with van der Waals surface area (Å²) in [6, 6.07) is 59.5. The first-order chi connectivity index (χ1) is 28.7. The zero-order chi connectivity index (χ0) is 38.6. The lowest BCUT2D eigenvalue weighted by atomic mass is 10.1. The lowest BCUT2D eigenvalue weighted by Crippen LogP contribution is -2.24. The molecule has 0 N–H and O–H groups in total. The average molecular weight is 765 g/mol. The van der Waals surface area contributed by atoms with Crippen LogP contribution in [-0.4, -0.2) is 29.1 Å². The highest BCUT2D eigenvalue weighted by atomic mass is 31.2. The largest absolute Gasteiger partial charge is 0.309 e. The molecule has 0 saturated heterocycles. The Hall–Kier alpha value is -7.47. The van der Waals surface area contributed by atoms with Crippen LogP contribution in [0.15, 0.2) is 201 Å². The second kappa shape index (κ2) is 13.6. The van der Waals surface area contributed by atoms with Crippen molar-refractivity contribution in [3.05, 3.63) is 201 Å². The summed E-state index contributed by atoms with van der Waals surface area (Å²) in [7, 11) is -3.18. The molecule has 58 heavy (non-hydrogen) atoms. The maximum absolute atomic E-state index is 15.4. The molecule has 0 amide bonds. The van der Waals surface area contributed by atoms with Crippen molar-refractivity contribution in [2.75, 3.05) is 0 Å². The maximum Gasteiger partial charge on any atom is 0.171 e. The second-order valence-electron chi connectivity index (χ2n) is 14.3. The molecule has 0 saturated carbocycles. The van der Waals surface area contributed by atoms with E-state index in [0.29, 0.717) is 11.6 Å². The van der Waals surface area contributed by atoms with Crippen LogP contribution < -0.4 is 15.9 Å². The molecule has 0 radical (unpaired) electrons. The molecule has 7 nitrogen and oxygen atoms in total. The van der Waals surface area contributed by atoms with Crippen molar-refractivity contribution in [1.29, 1.82) is 0 Å². The molecule has 0 aliphatic heterocycles. The van der Waals surface area contributed by atoms with Crippen molar-refractivity contribution < 1.29 is 4.57 Å². The molecule has 11 aromatic rings. The Morgan fingerprint density at radius 1 is 0.362 bits per heavy atom. The van der Waals surface area contributed by atoms with Crippen molar-refractivity contribution in [3.8, 4) is 34.2 Å². The van der Waals surface area contributed by atoms with E-state index in [4.69, 9.17) is 0 Å². The lowest BCUT2D eigenvalue weighted by molar-refractivity contribution is 0.592. The summed E-state index contributed by atoms with van der Waals surface area (Å²) in [4.78, 5) is 18.3. The third-order valence-corrected chi connectivity index (χ3v) is 14.1. The van der Waals surface area contributed by atoms with Crippen LogP contribution in [0.1, 0.15) is 0 Å². The van der Waals surface area contributed by atoms with E-state index in [-0.39, 0.29) is 0 Å². The highest BCUT2D eigenvalue weighted by molar-refractivity contribution is 7.85. The minimum atomic E-state index is -3.18. The van der Waals surface area contributed by atoms with Crippen molar-refractivity contribution in [3.63, 3.8) is 0 Å². The van der Waals surface area contributed by atoms with E-state index in [1.165, 1.54) is 0 Å². The summed E-state index contributed by atoms with van der Waals surface area (Å²) in [5.41, 5.74) is 8.13. The third-order valence-electron chi connectivity index (χ3n) is 11.0. The van der Waals surface area contributed by atoms with E-state index >= 15 is 4.57 Å². The Morgan fingerprint density at radius 2 is 0.759 bits per heavy atom. The first-order valence-electron chi connectivity index (χ1n) is 19.1.